The van der Waals surface area contributed by atoms with Crippen molar-refractivity contribution >= 4 is 27.3 Å². The molecule has 0 saturated carbocycles. The molecule has 0 aromatic heterocycles. The summed E-state index contributed by atoms with van der Waals surface area (Å²) in [6.07, 6.45) is 0. The van der Waals surface area contributed by atoms with Crippen LogP contribution in [0.3, 0.4) is 0 Å². The number of amides is 1. The van der Waals surface area contributed by atoms with E-state index in [-0.39, 0.29) is 15.8 Å². The van der Waals surface area contributed by atoms with Crippen molar-refractivity contribution < 1.29 is 17.6 Å². The fourth-order valence-electron chi connectivity index (χ4n) is 1.85. The largest absolute Gasteiger partial charge is 0.345 e. The second-order valence-electron chi connectivity index (χ2n) is 4.78. The fourth-order valence-corrected chi connectivity index (χ4v) is 3.44. The molecule has 4 nitrogen and oxygen atoms in total. The van der Waals surface area contributed by atoms with E-state index >= 15 is 0 Å². The van der Waals surface area contributed by atoms with Crippen molar-refractivity contribution in [3.8, 4) is 0 Å². The number of rotatable bonds is 3. The molecule has 0 spiro atoms. The summed E-state index contributed by atoms with van der Waals surface area (Å²) in [6, 6.07) is 9.10. The van der Waals surface area contributed by atoms with E-state index in [0.29, 0.717) is 5.56 Å². The van der Waals surface area contributed by atoms with Crippen molar-refractivity contribution in [1.29, 1.82) is 0 Å². The molecule has 0 aliphatic carbocycles. The molecule has 7 heteroatoms. The number of carbonyl (C=O) groups is 1. The maximum atomic E-state index is 13.9. The summed E-state index contributed by atoms with van der Waals surface area (Å²) < 4.78 is 38.8. The molecular weight excluding hydrogens is 329 g/mol. The van der Waals surface area contributed by atoms with Crippen molar-refractivity contribution in [3.05, 3.63) is 58.9 Å². The summed E-state index contributed by atoms with van der Waals surface area (Å²) >= 11 is 5.62. The first-order valence-corrected chi connectivity index (χ1v) is 8.12. The van der Waals surface area contributed by atoms with Gasteiger partial charge in [0.15, 0.2) is 5.82 Å². The van der Waals surface area contributed by atoms with Crippen molar-refractivity contribution in [3.63, 3.8) is 0 Å². The molecule has 2 aromatic rings. The lowest BCUT2D eigenvalue weighted by atomic mass is 10.2. The van der Waals surface area contributed by atoms with Crippen molar-refractivity contribution in [2.24, 2.45) is 0 Å². The highest BCUT2D eigenvalue weighted by atomic mass is 35.5. The third kappa shape index (κ3) is 2.98. The van der Waals surface area contributed by atoms with Gasteiger partial charge < -0.3 is 4.90 Å². The quantitative estimate of drug-likeness (QED) is 0.862. The molecule has 0 fully saturated rings. The number of hydrogen-bond donors (Lipinski definition) is 0. The summed E-state index contributed by atoms with van der Waals surface area (Å²) in [5, 5.41) is -0.263. The Balaban J connectivity index is 2.47. The van der Waals surface area contributed by atoms with Crippen LogP contribution in [0.1, 0.15) is 10.4 Å². The molecule has 0 heterocycles. The topological polar surface area (TPSA) is 54.5 Å². The van der Waals surface area contributed by atoms with Gasteiger partial charge in [0.1, 0.15) is 4.90 Å². The molecule has 2 rings (SSSR count). The van der Waals surface area contributed by atoms with Gasteiger partial charge >= 0.3 is 0 Å². The van der Waals surface area contributed by atoms with Crippen LogP contribution in [0.15, 0.2) is 52.3 Å². The fraction of sp³-hybridized carbons (Fsp3) is 0.133. The maximum Gasteiger partial charge on any atom is 0.253 e. The number of halogens is 2. The lowest BCUT2D eigenvalue weighted by molar-refractivity contribution is 0.0827. The number of nitrogens with zero attached hydrogens (tertiary/aromatic N) is 1. The summed E-state index contributed by atoms with van der Waals surface area (Å²) in [4.78, 5) is 12.5. The summed E-state index contributed by atoms with van der Waals surface area (Å²) in [5.74, 6) is -1.24. The van der Waals surface area contributed by atoms with E-state index in [2.05, 4.69) is 0 Å². The zero-order valence-corrected chi connectivity index (χ0v) is 13.5. The minimum atomic E-state index is -4.04. The van der Waals surface area contributed by atoms with Crippen LogP contribution in [0, 0.1) is 5.82 Å². The van der Waals surface area contributed by atoms with Crippen molar-refractivity contribution in [2.75, 3.05) is 14.1 Å². The Bertz CT molecular complexity index is 817. The number of sulfone groups is 1. The number of carbonyl (C=O) groups excluding carboxylic acids is 1. The highest BCUT2D eigenvalue weighted by Gasteiger charge is 2.23. The predicted molar refractivity (Wildman–Crippen MR) is 81.3 cm³/mol. The van der Waals surface area contributed by atoms with Gasteiger partial charge in [0.2, 0.25) is 9.84 Å². The Kier molecular flexibility index (Phi) is 4.53. The lowest BCUT2D eigenvalue weighted by Gasteiger charge is -2.11. The van der Waals surface area contributed by atoms with Crippen LogP contribution in [0.4, 0.5) is 4.39 Å². The van der Waals surface area contributed by atoms with Gasteiger partial charge in [0.05, 0.1) is 9.92 Å². The molecule has 0 aliphatic rings. The standard InChI is InChI=1S/C15H13ClFNO3S/c1-18(2)15(19)10-6-8-11(9-7-10)22(20,21)13-5-3-4-12(16)14(13)17/h3-9H,1-2H3. The van der Waals surface area contributed by atoms with Gasteiger partial charge in [-0.1, -0.05) is 17.7 Å². The minimum absolute atomic E-state index is 0.107. The van der Waals surface area contributed by atoms with E-state index in [1.54, 1.807) is 14.1 Å². The van der Waals surface area contributed by atoms with Gasteiger partial charge in [-0.2, -0.15) is 0 Å². The Hall–Kier alpha value is -1.92. The van der Waals surface area contributed by atoms with E-state index in [4.69, 9.17) is 11.6 Å². The van der Waals surface area contributed by atoms with Gasteiger partial charge in [-0.05, 0) is 36.4 Å². The average Bonchev–Trinajstić information content (AvgIpc) is 2.49. The van der Waals surface area contributed by atoms with Crippen molar-refractivity contribution in [1.82, 2.24) is 4.90 Å². The Morgan fingerprint density at radius 2 is 1.68 bits per heavy atom. The van der Waals surface area contributed by atoms with Crippen LogP contribution < -0.4 is 0 Å². The minimum Gasteiger partial charge on any atom is -0.345 e. The third-order valence-electron chi connectivity index (χ3n) is 3.02. The van der Waals surface area contributed by atoms with E-state index < -0.39 is 20.5 Å². The second-order valence-corrected chi connectivity index (χ2v) is 7.10. The van der Waals surface area contributed by atoms with Crippen LogP contribution in [0.25, 0.3) is 0 Å². The first-order valence-electron chi connectivity index (χ1n) is 6.26. The second kappa shape index (κ2) is 6.06. The first kappa shape index (κ1) is 16.5. The van der Waals surface area contributed by atoms with Crippen LogP contribution in [-0.2, 0) is 9.84 Å². The van der Waals surface area contributed by atoms with E-state index in [1.807, 2.05) is 0 Å². The SMILES string of the molecule is CN(C)C(=O)c1ccc(S(=O)(=O)c2cccc(Cl)c2F)cc1. The zero-order chi connectivity index (χ0) is 16.5. The molecule has 22 heavy (non-hydrogen) atoms. The monoisotopic (exact) mass is 341 g/mol. The van der Waals surface area contributed by atoms with Gasteiger partial charge in [0.25, 0.3) is 5.91 Å². The normalized spacial score (nSPS) is 11.3. The summed E-state index contributed by atoms with van der Waals surface area (Å²) in [6.45, 7) is 0. The Labute approximate surface area is 133 Å². The van der Waals surface area contributed by atoms with Crippen LogP contribution in [-0.4, -0.2) is 33.3 Å². The third-order valence-corrected chi connectivity index (χ3v) is 5.10. The molecule has 0 bridgehead atoms. The molecule has 0 N–H and O–H groups in total. The van der Waals surface area contributed by atoms with Gasteiger partial charge in [-0.3, -0.25) is 4.79 Å². The van der Waals surface area contributed by atoms with E-state index in [1.165, 1.54) is 41.3 Å². The van der Waals surface area contributed by atoms with Gasteiger partial charge in [-0.15, -0.1) is 0 Å². The molecule has 2 aromatic carbocycles. The Morgan fingerprint density at radius 3 is 2.23 bits per heavy atom. The highest BCUT2D eigenvalue weighted by molar-refractivity contribution is 7.91. The molecule has 0 saturated heterocycles. The highest BCUT2D eigenvalue weighted by Crippen LogP contribution is 2.27. The van der Waals surface area contributed by atoms with Crippen LogP contribution >= 0.6 is 11.6 Å². The molecule has 0 aliphatic heterocycles. The van der Waals surface area contributed by atoms with Crippen molar-refractivity contribution in [2.45, 2.75) is 9.79 Å². The average molecular weight is 342 g/mol. The van der Waals surface area contributed by atoms with Crippen LogP contribution in [0.5, 0.6) is 0 Å². The molecule has 116 valence electrons. The van der Waals surface area contributed by atoms with E-state index in [9.17, 15) is 17.6 Å². The van der Waals surface area contributed by atoms with E-state index in [0.717, 1.165) is 6.07 Å². The lowest BCUT2D eigenvalue weighted by Crippen LogP contribution is -2.21. The maximum absolute atomic E-state index is 13.9. The number of hydrogen-bond acceptors (Lipinski definition) is 3. The summed E-state index contributed by atoms with van der Waals surface area (Å²) in [7, 11) is -0.856. The van der Waals surface area contributed by atoms with Gasteiger partial charge in [0, 0.05) is 19.7 Å². The van der Waals surface area contributed by atoms with Gasteiger partial charge in [-0.25, -0.2) is 12.8 Å². The smallest absolute Gasteiger partial charge is 0.253 e. The zero-order valence-electron chi connectivity index (χ0n) is 11.9. The molecule has 0 atom stereocenters. The molecule has 0 radical (unpaired) electrons. The number of benzene rings is 2. The Morgan fingerprint density at radius 1 is 1.09 bits per heavy atom. The molecular formula is C15H13ClFNO3S. The molecule has 0 unspecified atom stereocenters. The first-order chi connectivity index (χ1) is 10.2. The molecule has 1 amide bonds. The van der Waals surface area contributed by atoms with Crippen LogP contribution in [0.2, 0.25) is 5.02 Å². The summed E-state index contributed by atoms with van der Waals surface area (Å²) in [5.41, 5.74) is 0.343. The predicted octanol–water partition coefficient (Wildman–Crippen LogP) is 3.01.